The standard InChI is InChI=1S/C18H13FN2O6S/c19-11-1-3-12(4-2-11)28(26,27)13-5-6-14-10(7-13)8-15(22)17(21-14)18(25)20-9-16(23)24/h1-8,22H,9H2,(H,20,25)(H,23,24). The van der Waals surface area contributed by atoms with Crippen molar-refractivity contribution < 1.29 is 32.6 Å². The molecule has 0 spiro atoms. The molecule has 3 aromatic rings. The summed E-state index contributed by atoms with van der Waals surface area (Å²) in [5, 5.41) is 20.9. The molecule has 0 fully saturated rings. The summed E-state index contributed by atoms with van der Waals surface area (Å²) in [4.78, 5) is 26.2. The minimum atomic E-state index is -3.93. The molecule has 1 aromatic heterocycles. The van der Waals surface area contributed by atoms with Gasteiger partial charge in [-0.1, -0.05) is 0 Å². The van der Waals surface area contributed by atoms with Gasteiger partial charge in [0.05, 0.1) is 15.3 Å². The molecule has 0 unspecified atom stereocenters. The average molecular weight is 404 g/mol. The van der Waals surface area contributed by atoms with Gasteiger partial charge in [-0.3, -0.25) is 9.59 Å². The second-order valence-corrected chi connectivity index (χ2v) is 7.69. The molecule has 0 radical (unpaired) electrons. The number of aliphatic carboxylic acids is 1. The van der Waals surface area contributed by atoms with Crippen molar-refractivity contribution in [2.75, 3.05) is 6.54 Å². The normalized spacial score (nSPS) is 11.3. The summed E-state index contributed by atoms with van der Waals surface area (Å²) in [7, 11) is -3.93. The molecule has 28 heavy (non-hydrogen) atoms. The van der Waals surface area contributed by atoms with Crippen molar-refractivity contribution in [3.8, 4) is 5.75 Å². The summed E-state index contributed by atoms with van der Waals surface area (Å²) in [6.45, 7) is -0.646. The van der Waals surface area contributed by atoms with Crippen LogP contribution < -0.4 is 5.32 Å². The molecule has 1 heterocycles. The first-order valence-electron chi connectivity index (χ1n) is 7.83. The first kappa shape index (κ1) is 19.2. The van der Waals surface area contributed by atoms with Crippen molar-refractivity contribution in [3.05, 3.63) is 60.0 Å². The number of amides is 1. The lowest BCUT2D eigenvalue weighted by molar-refractivity contribution is -0.135. The number of nitrogens with one attached hydrogen (secondary N) is 1. The van der Waals surface area contributed by atoms with Crippen molar-refractivity contribution >= 4 is 32.6 Å². The minimum Gasteiger partial charge on any atom is -0.505 e. The van der Waals surface area contributed by atoms with Gasteiger partial charge >= 0.3 is 5.97 Å². The van der Waals surface area contributed by atoms with E-state index < -0.39 is 39.8 Å². The Morgan fingerprint density at radius 2 is 1.68 bits per heavy atom. The maximum atomic E-state index is 13.0. The number of carbonyl (C=O) groups is 2. The number of aromatic hydroxyl groups is 1. The molecule has 10 heteroatoms. The SMILES string of the molecule is O=C(O)CNC(=O)c1nc2ccc(S(=O)(=O)c3ccc(F)cc3)cc2cc1O. The third-order valence-electron chi connectivity index (χ3n) is 3.82. The van der Waals surface area contributed by atoms with Gasteiger partial charge in [0.1, 0.15) is 18.1 Å². The Labute approximate surface area is 158 Å². The van der Waals surface area contributed by atoms with Crippen LogP contribution in [-0.2, 0) is 14.6 Å². The smallest absolute Gasteiger partial charge is 0.322 e. The van der Waals surface area contributed by atoms with E-state index in [2.05, 4.69) is 10.3 Å². The van der Waals surface area contributed by atoms with Gasteiger partial charge in [0.2, 0.25) is 9.84 Å². The van der Waals surface area contributed by atoms with Gasteiger partial charge in [-0.15, -0.1) is 0 Å². The van der Waals surface area contributed by atoms with E-state index in [1.807, 2.05) is 0 Å². The van der Waals surface area contributed by atoms with Gasteiger partial charge in [0.15, 0.2) is 5.69 Å². The molecule has 8 nitrogen and oxygen atoms in total. The Morgan fingerprint density at radius 3 is 2.32 bits per heavy atom. The molecule has 1 amide bonds. The molecule has 0 bridgehead atoms. The second-order valence-electron chi connectivity index (χ2n) is 5.74. The molecule has 0 aliphatic heterocycles. The van der Waals surface area contributed by atoms with E-state index in [0.717, 1.165) is 30.3 Å². The van der Waals surface area contributed by atoms with Gasteiger partial charge < -0.3 is 15.5 Å². The lowest BCUT2D eigenvalue weighted by Gasteiger charge is -2.09. The Morgan fingerprint density at radius 1 is 1.04 bits per heavy atom. The van der Waals surface area contributed by atoms with Crippen LogP contribution in [0.4, 0.5) is 4.39 Å². The van der Waals surface area contributed by atoms with Gasteiger partial charge in [-0.2, -0.15) is 0 Å². The van der Waals surface area contributed by atoms with E-state index in [1.54, 1.807) is 0 Å². The molecule has 0 saturated heterocycles. The maximum Gasteiger partial charge on any atom is 0.322 e. The second kappa shape index (κ2) is 7.24. The molecule has 0 aliphatic carbocycles. The van der Waals surface area contributed by atoms with Crippen LogP contribution in [0.15, 0.2) is 58.3 Å². The summed E-state index contributed by atoms with van der Waals surface area (Å²) < 4.78 is 38.4. The number of halogens is 1. The first-order valence-corrected chi connectivity index (χ1v) is 9.31. The highest BCUT2D eigenvalue weighted by molar-refractivity contribution is 7.91. The fourth-order valence-electron chi connectivity index (χ4n) is 2.47. The Balaban J connectivity index is 2.00. The number of fused-ring (bicyclic) bond motifs is 1. The average Bonchev–Trinajstić information content (AvgIpc) is 2.65. The number of pyridine rings is 1. The van der Waals surface area contributed by atoms with E-state index in [9.17, 15) is 27.5 Å². The van der Waals surface area contributed by atoms with Gasteiger partial charge in [0.25, 0.3) is 5.91 Å². The lowest BCUT2D eigenvalue weighted by Crippen LogP contribution is -2.29. The number of carboxylic acids is 1. The monoisotopic (exact) mass is 404 g/mol. The van der Waals surface area contributed by atoms with Crippen molar-refractivity contribution in [2.24, 2.45) is 0 Å². The molecule has 3 rings (SSSR count). The van der Waals surface area contributed by atoms with Gasteiger partial charge in [0, 0.05) is 5.39 Å². The van der Waals surface area contributed by atoms with Crippen LogP contribution in [0.1, 0.15) is 10.5 Å². The molecule has 3 N–H and O–H groups in total. The van der Waals surface area contributed by atoms with Crippen molar-refractivity contribution in [1.29, 1.82) is 0 Å². The summed E-state index contributed by atoms with van der Waals surface area (Å²) in [6, 6.07) is 9.37. The molecular weight excluding hydrogens is 391 g/mol. The van der Waals surface area contributed by atoms with E-state index in [1.165, 1.54) is 18.2 Å². The molecule has 0 saturated carbocycles. The van der Waals surface area contributed by atoms with E-state index in [4.69, 9.17) is 5.11 Å². The third kappa shape index (κ3) is 3.76. The van der Waals surface area contributed by atoms with Crippen LogP contribution >= 0.6 is 0 Å². The van der Waals surface area contributed by atoms with Crippen molar-refractivity contribution in [3.63, 3.8) is 0 Å². The minimum absolute atomic E-state index is 0.101. The summed E-state index contributed by atoms with van der Waals surface area (Å²) >= 11 is 0. The number of carboxylic acid groups (broad SMARTS) is 1. The predicted molar refractivity (Wildman–Crippen MR) is 95.2 cm³/mol. The lowest BCUT2D eigenvalue weighted by atomic mass is 10.2. The highest BCUT2D eigenvalue weighted by atomic mass is 32.2. The van der Waals surface area contributed by atoms with Crippen LogP contribution in [0.3, 0.4) is 0 Å². The predicted octanol–water partition coefficient (Wildman–Crippen LogP) is 1.73. The Bertz CT molecular complexity index is 1190. The summed E-state index contributed by atoms with van der Waals surface area (Å²) in [6.07, 6.45) is 0. The molecular formula is C18H13FN2O6S. The number of rotatable bonds is 5. The number of aromatic nitrogens is 1. The zero-order valence-corrected chi connectivity index (χ0v) is 14.9. The maximum absolute atomic E-state index is 13.0. The fraction of sp³-hybridized carbons (Fsp3) is 0.0556. The van der Waals surface area contributed by atoms with E-state index in [-0.39, 0.29) is 26.4 Å². The molecule has 0 aliphatic rings. The number of hydrogen-bond acceptors (Lipinski definition) is 6. The number of benzene rings is 2. The van der Waals surface area contributed by atoms with Crippen LogP contribution in [0.25, 0.3) is 10.9 Å². The third-order valence-corrected chi connectivity index (χ3v) is 5.58. The molecule has 144 valence electrons. The summed E-state index contributed by atoms with van der Waals surface area (Å²) in [5.41, 5.74) is -0.167. The topological polar surface area (TPSA) is 134 Å². The van der Waals surface area contributed by atoms with Gasteiger partial charge in [-0.05, 0) is 48.5 Å². The number of carbonyl (C=O) groups excluding carboxylic acids is 1. The quantitative estimate of drug-likeness (QED) is 0.551. The van der Waals surface area contributed by atoms with Crippen LogP contribution in [0.2, 0.25) is 0 Å². The zero-order chi connectivity index (χ0) is 20.5. The van der Waals surface area contributed by atoms with Crippen LogP contribution in [0, 0.1) is 5.82 Å². The van der Waals surface area contributed by atoms with Gasteiger partial charge in [-0.25, -0.2) is 17.8 Å². The number of sulfone groups is 1. The Kier molecular flexibility index (Phi) is 4.97. The first-order chi connectivity index (χ1) is 13.2. The Hall–Kier alpha value is -3.53. The highest BCUT2D eigenvalue weighted by Crippen LogP contribution is 2.27. The van der Waals surface area contributed by atoms with E-state index >= 15 is 0 Å². The summed E-state index contributed by atoms with van der Waals surface area (Å²) in [5.74, 6) is -3.25. The molecule has 2 aromatic carbocycles. The van der Waals surface area contributed by atoms with Crippen LogP contribution in [0.5, 0.6) is 5.75 Å². The largest absolute Gasteiger partial charge is 0.505 e. The van der Waals surface area contributed by atoms with Crippen molar-refractivity contribution in [2.45, 2.75) is 9.79 Å². The number of nitrogens with zero attached hydrogens (tertiary/aromatic N) is 1. The zero-order valence-electron chi connectivity index (χ0n) is 14.1. The fourth-order valence-corrected chi connectivity index (χ4v) is 3.76. The highest BCUT2D eigenvalue weighted by Gasteiger charge is 2.20. The van der Waals surface area contributed by atoms with Crippen LogP contribution in [-0.4, -0.2) is 42.0 Å². The van der Waals surface area contributed by atoms with Crippen molar-refractivity contribution in [1.82, 2.24) is 10.3 Å². The van der Waals surface area contributed by atoms with E-state index in [0.29, 0.717) is 0 Å². The molecule has 0 atom stereocenters. The number of hydrogen-bond donors (Lipinski definition) is 3.